The van der Waals surface area contributed by atoms with Crippen molar-refractivity contribution in [3.05, 3.63) is 65.0 Å². The lowest BCUT2D eigenvalue weighted by atomic mass is 9.86. The first kappa shape index (κ1) is 22.6. The fraction of sp³-hybridized carbons (Fsp3) is 0.407. The molecule has 1 saturated heterocycles. The van der Waals surface area contributed by atoms with E-state index in [-0.39, 0.29) is 6.61 Å². The molecule has 1 unspecified atom stereocenters. The molecule has 0 bridgehead atoms. The maximum Gasteiger partial charge on any atom is 0.283 e. The Morgan fingerprint density at radius 1 is 1.06 bits per heavy atom. The first-order chi connectivity index (χ1) is 16.5. The van der Waals surface area contributed by atoms with Gasteiger partial charge in [-0.05, 0) is 69.0 Å². The molecule has 34 heavy (non-hydrogen) atoms. The number of aromatic nitrogens is 2. The second kappa shape index (κ2) is 9.60. The molecule has 7 nitrogen and oxygen atoms in total. The Bertz CT molecular complexity index is 1270. The summed E-state index contributed by atoms with van der Waals surface area (Å²) in [6.07, 6.45) is 1.66. The van der Waals surface area contributed by atoms with Crippen molar-refractivity contribution >= 4 is 11.0 Å². The van der Waals surface area contributed by atoms with E-state index in [9.17, 15) is 5.11 Å². The van der Waals surface area contributed by atoms with Crippen LogP contribution in [-0.2, 0) is 0 Å². The van der Waals surface area contributed by atoms with E-state index in [2.05, 4.69) is 47.1 Å². The standard InChI is InChI=1S/C27H31N3O4/c1-17-7-8-22(18(2)13-17)20-9-11-30(12-10-20)15-21(31)16-32-24-5-4-6-25-23(24)14-26(34-25)27-29-28-19(3)33-27/h4-8,13-14,20-21,31H,9-12,15-16H2,1-3H3. The number of β-amino-alcohol motifs (C(OH)–C–C–N with tert-alkyl or cyclic N) is 1. The minimum absolute atomic E-state index is 0.219. The van der Waals surface area contributed by atoms with Crippen molar-refractivity contribution in [3.63, 3.8) is 0 Å². The molecule has 0 spiro atoms. The number of aryl methyl sites for hydroxylation is 3. The molecule has 0 radical (unpaired) electrons. The molecule has 2 aromatic carbocycles. The molecule has 1 aliphatic heterocycles. The highest BCUT2D eigenvalue weighted by Gasteiger charge is 2.23. The van der Waals surface area contributed by atoms with Crippen LogP contribution in [0.5, 0.6) is 5.75 Å². The Labute approximate surface area is 199 Å². The zero-order valence-corrected chi connectivity index (χ0v) is 20.0. The van der Waals surface area contributed by atoms with E-state index in [0.29, 0.717) is 41.3 Å². The fourth-order valence-corrected chi connectivity index (χ4v) is 4.91. The van der Waals surface area contributed by atoms with E-state index < -0.39 is 6.10 Å². The molecule has 0 aliphatic carbocycles. The average molecular weight is 462 g/mol. The maximum absolute atomic E-state index is 10.7. The van der Waals surface area contributed by atoms with E-state index in [0.717, 1.165) is 31.3 Å². The van der Waals surface area contributed by atoms with Crippen LogP contribution in [0.2, 0.25) is 0 Å². The molecule has 5 rings (SSSR count). The maximum atomic E-state index is 10.7. The number of nitrogens with zero attached hydrogens (tertiary/aromatic N) is 3. The van der Waals surface area contributed by atoms with Gasteiger partial charge in [0.1, 0.15) is 24.0 Å². The van der Waals surface area contributed by atoms with Crippen LogP contribution in [0.1, 0.15) is 41.3 Å². The van der Waals surface area contributed by atoms with E-state index in [1.165, 1.54) is 16.7 Å². The quantitative estimate of drug-likeness (QED) is 0.413. The molecular weight excluding hydrogens is 430 g/mol. The summed E-state index contributed by atoms with van der Waals surface area (Å²) in [5, 5.41) is 19.3. The number of hydrogen-bond donors (Lipinski definition) is 1. The van der Waals surface area contributed by atoms with Crippen molar-refractivity contribution in [1.82, 2.24) is 15.1 Å². The third kappa shape index (κ3) is 4.86. The number of aliphatic hydroxyl groups is 1. The lowest BCUT2D eigenvalue weighted by molar-refractivity contribution is 0.0599. The molecule has 0 saturated carbocycles. The zero-order valence-electron chi connectivity index (χ0n) is 20.0. The summed E-state index contributed by atoms with van der Waals surface area (Å²) in [6, 6.07) is 14.2. The number of ether oxygens (including phenoxy) is 1. The van der Waals surface area contributed by atoms with Gasteiger partial charge in [-0.3, -0.25) is 0 Å². The van der Waals surface area contributed by atoms with Crippen molar-refractivity contribution < 1.29 is 18.7 Å². The smallest absolute Gasteiger partial charge is 0.283 e. The zero-order chi connectivity index (χ0) is 23.7. The predicted octanol–water partition coefficient (Wildman–Crippen LogP) is 5.03. The first-order valence-electron chi connectivity index (χ1n) is 11.9. The molecular formula is C27H31N3O4. The van der Waals surface area contributed by atoms with Crippen LogP contribution in [0.3, 0.4) is 0 Å². The highest BCUT2D eigenvalue weighted by atomic mass is 16.5. The monoisotopic (exact) mass is 461 g/mol. The van der Waals surface area contributed by atoms with Crippen LogP contribution < -0.4 is 4.74 Å². The third-order valence-corrected chi connectivity index (χ3v) is 6.61. The summed E-state index contributed by atoms with van der Waals surface area (Å²) in [5.41, 5.74) is 4.84. The molecule has 0 amide bonds. The summed E-state index contributed by atoms with van der Waals surface area (Å²) in [6.45, 7) is 8.88. The molecule has 7 heteroatoms. The number of furan rings is 1. The lowest BCUT2D eigenvalue weighted by Gasteiger charge is -2.34. The fourth-order valence-electron chi connectivity index (χ4n) is 4.91. The van der Waals surface area contributed by atoms with Crippen molar-refractivity contribution in [2.24, 2.45) is 0 Å². The highest BCUT2D eigenvalue weighted by Crippen LogP contribution is 2.33. The summed E-state index contributed by atoms with van der Waals surface area (Å²) >= 11 is 0. The Morgan fingerprint density at radius 3 is 2.62 bits per heavy atom. The Balaban J connectivity index is 1.16. The topological polar surface area (TPSA) is 84.8 Å². The van der Waals surface area contributed by atoms with Gasteiger partial charge in [-0.2, -0.15) is 0 Å². The van der Waals surface area contributed by atoms with Crippen molar-refractivity contribution in [3.8, 4) is 17.4 Å². The van der Waals surface area contributed by atoms with Crippen molar-refractivity contribution in [2.75, 3.05) is 26.2 Å². The number of hydrogen-bond acceptors (Lipinski definition) is 7. The molecule has 4 aromatic rings. The Morgan fingerprint density at radius 2 is 1.88 bits per heavy atom. The summed E-state index contributed by atoms with van der Waals surface area (Å²) in [4.78, 5) is 2.34. The highest BCUT2D eigenvalue weighted by molar-refractivity contribution is 5.87. The van der Waals surface area contributed by atoms with E-state index in [1.54, 1.807) is 6.92 Å². The first-order valence-corrected chi connectivity index (χ1v) is 11.9. The number of rotatable bonds is 7. The van der Waals surface area contributed by atoms with Gasteiger partial charge in [0.15, 0.2) is 5.76 Å². The van der Waals surface area contributed by atoms with Crippen LogP contribution in [0.15, 0.2) is 51.3 Å². The Kier molecular flexibility index (Phi) is 6.39. The number of benzene rings is 2. The minimum atomic E-state index is -0.571. The van der Waals surface area contributed by atoms with Crippen molar-refractivity contribution in [2.45, 2.75) is 45.6 Å². The van der Waals surface area contributed by atoms with E-state index in [1.807, 2.05) is 24.3 Å². The largest absolute Gasteiger partial charge is 0.490 e. The minimum Gasteiger partial charge on any atom is -0.490 e. The summed E-state index contributed by atoms with van der Waals surface area (Å²) in [7, 11) is 0. The van der Waals surface area contributed by atoms with Gasteiger partial charge in [0.05, 0.1) is 5.39 Å². The molecule has 1 fully saturated rings. The van der Waals surface area contributed by atoms with Gasteiger partial charge in [-0.25, -0.2) is 0 Å². The van der Waals surface area contributed by atoms with Crippen LogP contribution in [-0.4, -0.2) is 52.5 Å². The van der Waals surface area contributed by atoms with Gasteiger partial charge in [0, 0.05) is 19.5 Å². The predicted molar refractivity (Wildman–Crippen MR) is 130 cm³/mol. The molecule has 2 aromatic heterocycles. The van der Waals surface area contributed by atoms with Gasteiger partial charge in [0.25, 0.3) is 5.89 Å². The van der Waals surface area contributed by atoms with Gasteiger partial charge in [-0.15, -0.1) is 10.2 Å². The molecule has 1 aliphatic rings. The lowest BCUT2D eigenvalue weighted by Crippen LogP contribution is -2.40. The van der Waals surface area contributed by atoms with Gasteiger partial charge < -0.3 is 23.6 Å². The van der Waals surface area contributed by atoms with Gasteiger partial charge in [-0.1, -0.05) is 29.8 Å². The third-order valence-electron chi connectivity index (χ3n) is 6.61. The van der Waals surface area contributed by atoms with E-state index >= 15 is 0 Å². The van der Waals surface area contributed by atoms with Crippen LogP contribution in [0, 0.1) is 20.8 Å². The second-order valence-corrected chi connectivity index (χ2v) is 9.30. The van der Waals surface area contributed by atoms with Crippen LogP contribution in [0.4, 0.5) is 0 Å². The average Bonchev–Trinajstić information content (AvgIpc) is 3.45. The van der Waals surface area contributed by atoms with Crippen molar-refractivity contribution in [1.29, 1.82) is 0 Å². The molecule has 1 atom stereocenters. The molecule has 178 valence electrons. The molecule has 3 heterocycles. The van der Waals surface area contributed by atoms with E-state index in [4.69, 9.17) is 13.6 Å². The number of fused-ring (bicyclic) bond motifs is 1. The number of likely N-dealkylation sites (tertiary alicyclic amines) is 1. The van der Waals surface area contributed by atoms with Gasteiger partial charge in [0.2, 0.25) is 5.89 Å². The SMILES string of the molecule is Cc1ccc(C2CCN(CC(O)COc3cccc4oc(-c5nnc(C)o5)cc34)CC2)c(C)c1. The summed E-state index contributed by atoms with van der Waals surface area (Å²) < 4.78 is 17.3. The van der Waals surface area contributed by atoms with Gasteiger partial charge >= 0.3 is 0 Å². The second-order valence-electron chi connectivity index (χ2n) is 9.30. The van der Waals surface area contributed by atoms with Crippen LogP contribution >= 0.6 is 0 Å². The Hall–Kier alpha value is -3.16. The summed E-state index contributed by atoms with van der Waals surface area (Å²) in [5.74, 6) is 2.58. The number of piperidine rings is 1. The number of aliphatic hydroxyl groups excluding tert-OH is 1. The normalized spacial score (nSPS) is 16.2. The van der Waals surface area contributed by atoms with Crippen LogP contribution in [0.25, 0.3) is 22.6 Å². The molecule has 1 N–H and O–H groups in total.